The molecular weight excluding hydrogens is 400 g/mol. The lowest BCUT2D eigenvalue weighted by Gasteiger charge is -2.09. The molecule has 0 fully saturated rings. The van der Waals surface area contributed by atoms with Gasteiger partial charge in [-0.25, -0.2) is 4.98 Å². The molecule has 2 aromatic heterocycles. The first kappa shape index (κ1) is 19.9. The third-order valence-electron chi connectivity index (χ3n) is 5.01. The molecular formula is C23H21ClN4O2. The van der Waals surface area contributed by atoms with Crippen molar-refractivity contribution in [1.82, 2.24) is 19.4 Å². The molecule has 0 aliphatic carbocycles. The maximum Gasteiger partial charge on any atom is 0.277 e. The van der Waals surface area contributed by atoms with Gasteiger partial charge in [-0.1, -0.05) is 60.1 Å². The lowest BCUT2D eigenvalue weighted by atomic mass is 10.1. The summed E-state index contributed by atoms with van der Waals surface area (Å²) in [6.45, 7) is 2.72. The molecule has 0 unspecified atom stereocenters. The molecule has 0 atom stereocenters. The fourth-order valence-corrected chi connectivity index (χ4v) is 3.64. The van der Waals surface area contributed by atoms with Crippen LogP contribution in [0.1, 0.15) is 12.5 Å². The van der Waals surface area contributed by atoms with Crippen molar-refractivity contribution >= 4 is 28.5 Å². The van der Waals surface area contributed by atoms with E-state index >= 15 is 0 Å². The van der Waals surface area contributed by atoms with Gasteiger partial charge >= 0.3 is 0 Å². The Labute approximate surface area is 178 Å². The summed E-state index contributed by atoms with van der Waals surface area (Å²) in [5.41, 5.74) is 3.46. The zero-order valence-corrected chi connectivity index (χ0v) is 17.3. The molecule has 4 rings (SSSR count). The Kier molecular flexibility index (Phi) is 5.68. The predicted octanol–water partition coefficient (Wildman–Crippen LogP) is 3.85. The number of amides is 1. The highest BCUT2D eigenvalue weighted by Crippen LogP contribution is 2.27. The van der Waals surface area contributed by atoms with Crippen LogP contribution in [0.15, 0.2) is 71.9 Å². The van der Waals surface area contributed by atoms with Gasteiger partial charge in [0.25, 0.3) is 5.56 Å². The molecule has 30 heavy (non-hydrogen) atoms. The normalized spacial score (nSPS) is 11.0. The Balaban J connectivity index is 1.68. The summed E-state index contributed by atoms with van der Waals surface area (Å²) in [5.74, 6) is -0.210. The van der Waals surface area contributed by atoms with Crippen molar-refractivity contribution < 1.29 is 4.79 Å². The number of hydrogen-bond acceptors (Lipinski definition) is 3. The van der Waals surface area contributed by atoms with E-state index in [0.717, 1.165) is 16.7 Å². The number of hydrogen-bond donors (Lipinski definition) is 1. The molecule has 0 saturated heterocycles. The van der Waals surface area contributed by atoms with E-state index < -0.39 is 0 Å². The zero-order chi connectivity index (χ0) is 21.1. The number of halogens is 1. The van der Waals surface area contributed by atoms with Gasteiger partial charge in [0, 0.05) is 29.9 Å². The van der Waals surface area contributed by atoms with Gasteiger partial charge in [-0.05, 0) is 24.1 Å². The fourth-order valence-electron chi connectivity index (χ4n) is 3.44. The third kappa shape index (κ3) is 3.86. The molecule has 2 aromatic carbocycles. The molecule has 0 bridgehead atoms. The minimum Gasteiger partial charge on any atom is -0.350 e. The zero-order valence-electron chi connectivity index (χ0n) is 16.5. The molecule has 0 aliphatic rings. The van der Waals surface area contributed by atoms with Gasteiger partial charge in [0.15, 0.2) is 0 Å². The van der Waals surface area contributed by atoms with E-state index in [-0.39, 0.29) is 18.0 Å². The lowest BCUT2D eigenvalue weighted by molar-refractivity contribution is -0.121. The Morgan fingerprint density at radius 3 is 2.53 bits per heavy atom. The monoisotopic (exact) mass is 420 g/mol. The van der Waals surface area contributed by atoms with Gasteiger partial charge in [-0.15, -0.1) is 0 Å². The molecule has 7 heteroatoms. The molecule has 0 spiro atoms. The minimum atomic E-state index is -0.210. The topological polar surface area (TPSA) is 68.9 Å². The van der Waals surface area contributed by atoms with Crippen LogP contribution in [-0.2, 0) is 24.4 Å². The average Bonchev–Trinajstić information content (AvgIpc) is 3.13. The van der Waals surface area contributed by atoms with Crippen LogP contribution in [0.2, 0.25) is 5.02 Å². The van der Waals surface area contributed by atoms with Gasteiger partial charge in [0.1, 0.15) is 17.6 Å². The number of nitrogens with one attached hydrogen (secondary N) is 1. The van der Waals surface area contributed by atoms with Gasteiger partial charge in [-0.2, -0.15) is 0 Å². The van der Waals surface area contributed by atoms with Crippen LogP contribution in [0.3, 0.4) is 0 Å². The quantitative estimate of drug-likeness (QED) is 0.515. The van der Waals surface area contributed by atoms with Crippen molar-refractivity contribution in [3.8, 4) is 11.1 Å². The predicted molar refractivity (Wildman–Crippen MR) is 118 cm³/mol. The molecule has 152 valence electrons. The molecule has 2 heterocycles. The first-order chi connectivity index (χ1) is 14.6. The Hall–Kier alpha value is -3.38. The number of benzene rings is 2. The Bertz CT molecular complexity index is 1260. The number of aryl methyl sites for hydroxylation is 1. The summed E-state index contributed by atoms with van der Waals surface area (Å²) in [5, 5.41) is 3.48. The van der Waals surface area contributed by atoms with Gasteiger partial charge in [-0.3, -0.25) is 14.2 Å². The highest BCUT2D eigenvalue weighted by Gasteiger charge is 2.17. The number of carbonyl (C=O) groups excluding carboxylic acids is 1. The molecule has 4 aromatic rings. The summed E-state index contributed by atoms with van der Waals surface area (Å²) in [6.07, 6.45) is 3.38. The average molecular weight is 421 g/mol. The third-order valence-corrected chi connectivity index (χ3v) is 5.38. The Morgan fingerprint density at radius 1 is 1.07 bits per heavy atom. The second-order valence-corrected chi connectivity index (χ2v) is 7.34. The van der Waals surface area contributed by atoms with Crippen LogP contribution in [0.5, 0.6) is 0 Å². The van der Waals surface area contributed by atoms with Crippen LogP contribution in [0.4, 0.5) is 0 Å². The number of rotatable bonds is 6. The van der Waals surface area contributed by atoms with Crippen LogP contribution in [0, 0.1) is 0 Å². The van der Waals surface area contributed by atoms with E-state index in [9.17, 15) is 9.59 Å². The summed E-state index contributed by atoms with van der Waals surface area (Å²) in [4.78, 5) is 30.1. The van der Waals surface area contributed by atoms with Crippen molar-refractivity contribution in [2.75, 3.05) is 0 Å². The maximum absolute atomic E-state index is 13.0. The van der Waals surface area contributed by atoms with Crippen molar-refractivity contribution in [2.24, 2.45) is 0 Å². The lowest BCUT2D eigenvalue weighted by Crippen LogP contribution is -2.29. The first-order valence-corrected chi connectivity index (χ1v) is 10.1. The SMILES string of the molecule is CCn1cnc2c(-c3ccccc3)cn(CC(=O)NCc3ccccc3Cl)c2c1=O. The van der Waals surface area contributed by atoms with Crippen LogP contribution in [-0.4, -0.2) is 20.0 Å². The molecule has 1 amide bonds. The van der Waals surface area contributed by atoms with E-state index in [1.807, 2.05) is 61.7 Å². The maximum atomic E-state index is 13.0. The Morgan fingerprint density at radius 2 is 1.80 bits per heavy atom. The molecule has 0 saturated carbocycles. The largest absolute Gasteiger partial charge is 0.350 e. The molecule has 6 nitrogen and oxygen atoms in total. The number of carbonyl (C=O) groups is 1. The van der Waals surface area contributed by atoms with Crippen molar-refractivity contribution in [3.63, 3.8) is 0 Å². The second-order valence-electron chi connectivity index (χ2n) is 6.94. The van der Waals surface area contributed by atoms with Crippen LogP contribution in [0.25, 0.3) is 22.2 Å². The number of fused-ring (bicyclic) bond motifs is 1. The van der Waals surface area contributed by atoms with E-state index in [4.69, 9.17) is 11.6 Å². The van der Waals surface area contributed by atoms with Gasteiger partial charge in [0.2, 0.25) is 5.91 Å². The molecule has 0 aliphatic heterocycles. The smallest absolute Gasteiger partial charge is 0.277 e. The molecule has 0 radical (unpaired) electrons. The van der Waals surface area contributed by atoms with Crippen LogP contribution >= 0.6 is 11.6 Å². The number of aromatic nitrogens is 3. The summed E-state index contributed by atoms with van der Waals surface area (Å²) < 4.78 is 3.22. The van der Waals surface area contributed by atoms with E-state index in [1.54, 1.807) is 17.0 Å². The van der Waals surface area contributed by atoms with Crippen molar-refractivity contribution in [3.05, 3.63) is 88.1 Å². The fraction of sp³-hybridized carbons (Fsp3) is 0.174. The highest BCUT2D eigenvalue weighted by atomic mass is 35.5. The van der Waals surface area contributed by atoms with E-state index in [1.165, 1.54) is 4.57 Å². The summed E-state index contributed by atoms with van der Waals surface area (Å²) in [7, 11) is 0. The summed E-state index contributed by atoms with van der Waals surface area (Å²) >= 11 is 6.16. The van der Waals surface area contributed by atoms with Gasteiger partial charge in [0.05, 0.1) is 6.33 Å². The van der Waals surface area contributed by atoms with E-state index in [2.05, 4.69) is 10.3 Å². The minimum absolute atomic E-state index is 0.0123. The highest BCUT2D eigenvalue weighted by molar-refractivity contribution is 6.31. The van der Waals surface area contributed by atoms with Gasteiger partial charge < -0.3 is 9.88 Å². The van der Waals surface area contributed by atoms with Crippen LogP contribution < -0.4 is 10.9 Å². The van der Waals surface area contributed by atoms with E-state index in [0.29, 0.717) is 29.1 Å². The summed E-state index contributed by atoms with van der Waals surface area (Å²) in [6, 6.07) is 17.1. The second kappa shape index (κ2) is 8.55. The standard InChI is InChI=1S/C23H21ClN4O2/c1-2-27-15-26-21-18(16-8-4-3-5-9-16)13-28(22(21)23(27)30)14-20(29)25-12-17-10-6-7-11-19(17)24/h3-11,13,15H,2,12,14H2,1H3,(H,25,29). The van der Waals surface area contributed by atoms with Crippen molar-refractivity contribution in [2.45, 2.75) is 26.6 Å². The van der Waals surface area contributed by atoms with Crippen molar-refractivity contribution in [1.29, 1.82) is 0 Å². The number of nitrogens with zero attached hydrogens (tertiary/aromatic N) is 3. The molecule has 1 N–H and O–H groups in total. The first-order valence-electron chi connectivity index (χ1n) is 9.72.